The summed E-state index contributed by atoms with van der Waals surface area (Å²) < 4.78 is 1.76. The second-order valence-corrected chi connectivity index (χ2v) is 8.00. The maximum Gasteiger partial charge on any atom is 0.307 e. The van der Waals surface area contributed by atoms with Gasteiger partial charge in [0.25, 0.3) is 0 Å². The molecule has 0 spiro atoms. The lowest BCUT2D eigenvalue weighted by Gasteiger charge is -2.42. The number of nitrogens with zero attached hydrogens (tertiary/aromatic N) is 4. The molecular weight excluding hydrogens is 316 g/mol. The summed E-state index contributed by atoms with van der Waals surface area (Å²) in [6.45, 7) is 8.81. The van der Waals surface area contributed by atoms with Gasteiger partial charge >= 0.3 is 5.97 Å². The highest BCUT2D eigenvalue weighted by molar-refractivity contribution is 5.70. The van der Waals surface area contributed by atoms with E-state index in [0.717, 1.165) is 24.2 Å². The van der Waals surface area contributed by atoms with Crippen molar-refractivity contribution in [2.75, 3.05) is 13.1 Å². The molecule has 1 fully saturated rings. The second-order valence-electron chi connectivity index (χ2n) is 8.00. The van der Waals surface area contributed by atoms with Crippen LogP contribution in [0.15, 0.2) is 36.9 Å². The molecule has 6 nitrogen and oxygen atoms in total. The molecule has 1 saturated heterocycles. The third-order valence-corrected chi connectivity index (χ3v) is 5.15. The largest absolute Gasteiger partial charge is 0.481 e. The molecular formula is C19H26N4O2. The van der Waals surface area contributed by atoms with Gasteiger partial charge in [0.15, 0.2) is 0 Å². The van der Waals surface area contributed by atoms with Crippen molar-refractivity contribution in [1.82, 2.24) is 19.7 Å². The standard InChI is InChI=1S/C19H26N4O2/c1-19(2,3)16-8-15(18(24)25)10-22(11-16)9-14-6-4-5-7-17(14)23-13-20-12-21-23/h4-7,12-13,15-16H,8-11H2,1-3H3,(H,24,25)/t15-,16+/m0/s1. The zero-order valence-corrected chi connectivity index (χ0v) is 15.1. The minimum absolute atomic E-state index is 0.0950. The molecule has 25 heavy (non-hydrogen) atoms. The lowest BCUT2D eigenvalue weighted by molar-refractivity contribution is -0.145. The first-order valence-electron chi connectivity index (χ1n) is 8.72. The van der Waals surface area contributed by atoms with Gasteiger partial charge in [0.2, 0.25) is 0 Å². The van der Waals surface area contributed by atoms with Crippen LogP contribution in [-0.4, -0.2) is 43.8 Å². The van der Waals surface area contributed by atoms with Crippen molar-refractivity contribution in [2.24, 2.45) is 17.3 Å². The normalized spacial score (nSPS) is 22.0. The monoisotopic (exact) mass is 342 g/mol. The minimum atomic E-state index is -0.691. The average molecular weight is 342 g/mol. The number of benzene rings is 1. The summed E-state index contributed by atoms with van der Waals surface area (Å²) in [7, 11) is 0. The van der Waals surface area contributed by atoms with Gasteiger partial charge in [-0.2, -0.15) is 5.10 Å². The molecule has 1 aromatic heterocycles. The highest BCUT2D eigenvalue weighted by atomic mass is 16.4. The smallest absolute Gasteiger partial charge is 0.307 e. The Morgan fingerprint density at radius 1 is 1.28 bits per heavy atom. The number of likely N-dealkylation sites (tertiary alicyclic amines) is 1. The molecule has 1 aromatic carbocycles. The third kappa shape index (κ3) is 4.07. The van der Waals surface area contributed by atoms with Gasteiger partial charge in [-0.15, -0.1) is 0 Å². The van der Waals surface area contributed by atoms with Gasteiger partial charge < -0.3 is 5.11 Å². The van der Waals surface area contributed by atoms with Crippen LogP contribution < -0.4 is 0 Å². The Labute approximate surface area is 148 Å². The van der Waals surface area contributed by atoms with Crippen LogP contribution in [0, 0.1) is 17.3 Å². The fourth-order valence-corrected chi connectivity index (χ4v) is 3.57. The fourth-order valence-electron chi connectivity index (χ4n) is 3.57. The Balaban J connectivity index is 1.83. The first kappa shape index (κ1) is 17.6. The van der Waals surface area contributed by atoms with Crippen LogP contribution in [0.3, 0.4) is 0 Å². The van der Waals surface area contributed by atoms with Crippen molar-refractivity contribution in [2.45, 2.75) is 33.7 Å². The molecule has 0 unspecified atom stereocenters. The number of hydrogen-bond donors (Lipinski definition) is 1. The predicted molar refractivity (Wildman–Crippen MR) is 95.3 cm³/mol. The summed E-state index contributed by atoms with van der Waals surface area (Å²) in [6, 6.07) is 8.09. The van der Waals surface area contributed by atoms with Gasteiger partial charge in [0.1, 0.15) is 12.7 Å². The summed E-state index contributed by atoms with van der Waals surface area (Å²) in [5, 5.41) is 13.8. The molecule has 1 N–H and O–H groups in total. The number of rotatable bonds is 4. The third-order valence-electron chi connectivity index (χ3n) is 5.15. The second kappa shape index (κ2) is 6.96. The van der Waals surface area contributed by atoms with Gasteiger partial charge in [0.05, 0.1) is 11.6 Å². The Hall–Kier alpha value is -2.21. The lowest BCUT2D eigenvalue weighted by atomic mass is 9.73. The number of aliphatic carboxylic acids is 1. The van der Waals surface area contributed by atoms with Crippen LogP contribution in [0.25, 0.3) is 5.69 Å². The molecule has 0 saturated carbocycles. The number of para-hydroxylation sites is 1. The Morgan fingerprint density at radius 3 is 2.68 bits per heavy atom. The summed E-state index contributed by atoms with van der Waals surface area (Å²) in [5.74, 6) is -0.638. The molecule has 134 valence electrons. The number of aromatic nitrogens is 3. The molecule has 2 aromatic rings. The van der Waals surface area contributed by atoms with Gasteiger partial charge in [-0.05, 0) is 29.4 Å². The molecule has 0 amide bonds. The Bertz CT molecular complexity index is 721. The summed E-state index contributed by atoms with van der Waals surface area (Å²) in [5.41, 5.74) is 2.22. The summed E-state index contributed by atoms with van der Waals surface area (Å²) in [4.78, 5) is 17.9. The number of carboxylic acids is 1. The SMILES string of the molecule is CC(C)(C)[C@@H]1C[C@H](C(=O)O)CN(Cc2ccccc2-n2cncn2)C1. The number of carbonyl (C=O) groups is 1. The van der Waals surface area contributed by atoms with Crippen LogP contribution in [0.5, 0.6) is 0 Å². The average Bonchev–Trinajstić information content (AvgIpc) is 3.08. The molecule has 3 rings (SSSR count). The zero-order valence-electron chi connectivity index (χ0n) is 15.1. The molecule has 0 aliphatic carbocycles. The maximum absolute atomic E-state index is 11.6. The van der Waals surface area contributed by atoms with Crippen LogP contribution in [-0.2, 0) is 11.3 Å². The predicted octanol–water partition coefficient (Wildman–Crippen LogP) is 2.84. The van der Waals surface area contributed by atoms with E-state index < -0.39 is 5.97 Å². The van der Waals surface area contributed by atoms with Crippen molar-refractivity contribution in [1.29, 1.82) is 0 Å². The molecule has 1 aliphatic heterocycles. The summed E-state index contributed by atoms with van der Waals surface area (Å²) in [6.07, 6.45) is 3.96. The van der Waals surface area contributed by atoms with Crippen molar-refractivity contribution < 1.29 is 9.90 Å². The van der Waals surface area contributed by atoms with Crippen molar-refractivity contribution >= 4 is 5.97 Å². The minimum Gasteiger partial charge on any atom is -0.481 e. The lowest BCUT2D eigenvalue weighted by Crippen LogP contribution is -2.46. The van der Waals surface area contributed by atoms with E-state index >= 15 is 0 Å². The van der Waals surface area contributed by atoms with Crippen LogP contribution in [0.4, 0.5) is 0 Å². The van der Waals surface area contributed by atoms with Crippen LogP contribution >= 0.6 is 0 Å². The van der Waals surface area contributed by atoms with Gasteiger partial charge in [-0.3, -0.25) is 9.69 Å². The first-order chi connectivity index (χ1) is 11.8. The van der Waals surface area contributed by atoms with E-state index in [1.165, 1.54) is 6.33 Å². The van der Waals surface area contributed by atoms with Gasteiger partial charge in [-0.25, -0.2) is 9.67 Å². The number of hydrogen-bond acceptors (Lipinski definition) is 4. The maximum atomic E-state index is 11.6. The summed E-state index contributed by atoms with van der Waals surface area (Å²) >= 11 is 0. The van der Waals surface area contributed by atoms with Crippen molar-refractivity contribution in [3.8, 4) is 5.69 Å². The zero-order chi connectivity index (χ0) is 18.0. The Morgan fingerprint density at radius 2 is 2.04 bits per heavy atom. The highest BCUT2D eigenvalue weighted by Crippen LogP contribution is 2.36. The van der Waals surface area contributed by atoms with Gasteiger partial charge in [0, 0.05) is 19.6 Å². The molecule has 2 heterocycles. The van der Waals surface area contributed by atoms with E-state index in [0.29, 0.717) is 19.0 Å². The van der Waals surface area contributed by atoms with Crippen LogP contribution in [0.1, 0.15) is 32.8 Å². The number of carboxylic acid groups (broad SMARTS) is 1. The van der Waals surface area contributed by atoms with E-state index in [1.807, 2.05) is 18.2 Å². The van der Waals surface area contributed by atoms with E-state index in [-0.39, 0.29) is 11.3 Å². The first-order valence-corrected chi connectivity index (χ1v) is 8.72. The molecule has 6 heteroatoms. The van der Waals surface area contributed by atoms with Crippen molar-refractivity contribution in [3.63, 3.8) is 0 Å². The molecule has 0 radical (unpaired) electrons. The van der Waals surface area contributed by atoms with Crippen molar-refractivity contribution in [3.05, 3.63) is 42.5 Å². The fraction of sp³-hybridized carbons (Fsp3) is 0.526. The van der Waals surface area contributed by atoms with E-state index in [2.05, 4.69) is 41.8 Å². The highest BCUT2D eigenvalue weighted by Gasteiger charge is 2.37. The topological polar surface area (TPSA) is 71.2 Å². The van der Waals surface area contributed by atoms with Crippen LogP contribution in [0.2, 0.25) is 0 Å². The van der Waals surface area contributed by atoms with Gasteiger partial charge in [-0.1, -0.05) is 39.0 Å². The molecule has 2 atom stereocenters. The van der Waals surface area contributed by atoms with E-state index in [4.69, 9.17) is 0 Å². The number of piperidine rings is 1. The van der Waals surface area contributed by atoms with E-state index in [1.54, 1.807) is 11.0 Å². The molecule has 0 bridgehead atoms. The molecule has 1 aliphatic rings. The van der Waals surface area contributed by atoms with E-state index in [9.17, 15) is 9.90 Å². The Kier molecular flexibility index (Phi) is 4.90. The quantitative estimate of drug-likeness (QED) is 0.925.